The molecule has 0 aliphatic rings. The summed E-state index contributed by atoms with van der Waals surface area (Å²) in [6.45, 7) is -0.548. The Balaban J connectivity index is 2.04. The van der Waals surface area contributed by atoms with Gasteiger partial charge in [0.2, 0.25) is 5.91 Å². The van der Waals surface area contributed by atoms with Gasteiger partial charge in [-0.1, -0.05) is 23.7 Å². The minimum atomic E-state index is -6.44. The Hall–Kier alpha value is -4.50. The second kappa shape index (κ2) is 13.2. The van der Waals surface area contributed by atoms with Crippen LogP contribution in [0.1, 0.15) is 38.3 Å². The fourth-order valence-electron chi connectivity index (χ4n) is 4.01. The first-order valence-corrected chi connectivity index (χ1v) is 12.9. The third-order valence-electron chi connectivity index (χ3n) is 6.22. The van der Waals surface area contributed by atoms with Gasteiger partial charge < -0.3 is 10.2 Å². The maximum atomic E-state index is 15.8. The van der Waals surface area contributed by atoms with Crippen LogP contribution in [0.4, 0.5) is 46.5 Å². The highest BCUT2D eigenvalue weighted by Gasteiger charge is 2.73. The van der Waals surface area contributed by atoms with E-state index in [0.29, 0.717) is 0 Å². The Morgan fingerprint density at radius 1 is 0.978 bits per heavy atom. The minimum Gasteiger partial charge on any atom is -0.321 e. The monoisotopic (exact) mass is 702 g/mol. The molecule has 0 aliphatic heterocycles. The molecule has 0 saturated heterocycles. The van der Waals surface area contributed by atoms with Crippen molar-refractivity contribution in [3.8, 4) is 6.07 Å². The van der Waals surface area contributed by atoms with E-state index in [-0.39, 0.29) is 23.3 Å². The molecule has 0 saturated carbocycles. The molecular formula is C27H16BBrF8N4O4. The number of amides is 3. The summed E-state index contributed by atoms with van der Waals surface area (Å²) in [7, 11) is 5.58. The number of benzene rings is 3. The van der Waals surface area contributed by atoms with E-state index < -0.39 is 87.0 Å². The normalized spacial score (nSPS) is 11.8. The van der Waals surface area contributed by atoms with Crippen molar-refractivity contribution >= 4 is 58.3 Å². The summed E-state index contributed by atoms with van der Waals surface area (Å²) in [5.74, 6) is -4.61. The van der Waals surface area contributed by atoms with Crippen molar-refractivity contribution in [2.75, 3.05) is 16.8 Å². The number of anilines is 2. The number of rotatable bonds is 8. The van der Waals surface area contributed by atoms with Gasteiger partial charge in [0, 0.05) is 34.3 Å². The lowest BCUT2D eigenvalue weighted by Crippen LogP contribution is -2.50. The molecule has 2 radical (unpaired) electrons. The lowest BCUT2D eigenvalue weighted by Gasteiger charge is -2.31. The fourth-order valence-corrected chi connectivity index (χ4v) is 4.58. The van der Waals surface area contributed by atoms with E-state index in [2.05, 4.69) is 15.9 Å². The van der Waals surface area contributed by atoms with Crippen LogP contribution in [0.2, 0.25) is 0 Å². The van der Waals surface area contributed by atoms with Crippen LogP contribution >= 0.6 is 15.9 Å². The van der Waals surface area contributed by atoms with Crippen LogP contribution in [0, 0.1) is 17.1 Å². The summed E-state index contributed by atoms with van der Waals surface area (Å²) in [6, 6.07) is 10.2. The van der Waals surface area contributed by atoms with Crippen LogP contribution in [-0.4, -0.2) is 49.7 Å². The highest BCUT2D eigenvalue weighted by Crippen LogP contribution is 2.53. The van der Waals surface area contributed by atoms with Crippen LogP contribution in [0.3, 0.4) is 0 Å². The molecule has 45 heavy (non-hydrogen) atoms. The van der Waals surface area contributed by atoms with Gasteiger partial charge in [-0.25, -0.2) is 14.3 Å². The summed E-state index contributed by atoms with van der Waals surface area (Å²) < 4.78 is 109. The van der Waals surface area contributed by atoms with E-state index in [9.17, 15) is 45.1 Å². The van der Waals surface area contributed by atoms with Gasteiger partial charge in [-0.3, -0.25) is 19.6 Å². The molecule has 0 aromatic heterocycles. The Labute approximate surface area is 258 Å². The van der Waals surface area contributed by atoms with E-state index >= 15 is 4.39 Å². The summed E-state index contributed by atoms with van der Waals surface area (Å²) in [6.07, 6.45) is -13.4. The first kappa shape index (κ1) is 35.0. The lowest BCUT2D eigenvalue weighted by atomic mass is 9.86. The number of alkyl halides is 7. The highest BCUT2D eigenvalue weighted by molar-refractivity contribution is 9.10. The fraction of sp³-hybridized carbons (Fsp3) is 0.185. The van der Waals surface area contributed by atoms with Gasteiger partial charge in [0.25, 0.3) is 11.8 Å². The van der Waals surface area contributed by atoms with Crippen LogP contribution in [0.5, 0.6) is 0 Å². The van der Waals surface area contributed by atoms with Crippen LogP contribution in [0.15, 0.2) is 59.1 Å². The summed E-state index contributed by atoms with van der Waals surface area (Å²) >= 11 is 2.65. The van der Waals surface area contributed by atoms with Crippen molar-refractivity contribution < 1.29 is 54.7 Å². The molecule has 0 fully saturated rings. The minimum absolute atomic E-state index is 0.0100. The van der Waals surface area contributed by atoms with Crippen LogP contribution in [-0.2, 0) is 10.5 Å². The number of carbonyl (C=O) groups is 3. The van der Waals surface area contributed by atoms with Crippen molar-refractivity contribution in [2.24, 2.45) is 0 Å². The van der Waals surface area contributed by atoms with Gasteiger partial charge in [0.15, 0.2) is 5.82 Å². The SMILES string of the molecule is [B]c1cc(C(F)(C(F)(F)F)C(F)(F)F)cc(Br)c1NC(=O)c1cccc(N(CCC(=O)NO)C(=O)c2cccc(C#N)c2)c1F. The second-order valence-electron chi connectivity index (χ2n) is 9.10. The Kier molecular flexibility index (Phi) is 10.3. The average Bonchev–Trinajstić information content (AvgIpc) is 2.97. The van der Waals surface area contributed by atoms with E-state index in [4.69, 9.17) is 18.3 Å². The standard InChI is InChI=1S/C27H16BBrF8N4O4/c28-17-10-15(25(31,26(32,33)34)27(35,36)37)11-18(29)22(17)39-23(43)16-5-2-6-19(21(16)30)41(8-7-20(42)40-45)24(44)14-4-1-3-13(9-14)12-38/h1-6,9-11,45H,7-8H2,(H,39,43)(H,40,42). The molecule has 0 unspecified atom stereocenters. The smallest absolute Gasteiger partial charge is 0.321 e. The van der Waals surface area contributed by atoms with Crippen LogP contribution in [0.25, 0.3) is 0 Å². The van der Waals surface area contributed by atoms with Crippen molar-refractivity contribution in [1.82, 2.24) is 5.48 Å². The number of nitrogens with zero attached hydrogens (tertiary/aromatic N) is 2. The number of carbonyl (C=O) groups excluding carboxylic acids is 3. The molecule has 0 spiro atoms. The van der Waals surface area contributed by atoms with E-state index in [1.165, 1.54) is 29.7 Å². The van der Waals surface area contributed by atoms with Gasteiger partial charge in [-0.05, 0) is 52.3 Å². The second-order valence-corrected chi connectivity index (χ2v) is 9.96. The highest BCUT2D eigenvalue weighted by atomic mass is 79.9. The third kappa shape index (κ3) is 7.09. The average molecular weight is 703 g/mol. The predicted molar refractivity (Wildman–Crippen MR) is 146 cm³/mol. The molecule has 0 heterocycles. The maximum Gasteiger partial charge on any atom is 0.435 e. The van der Waals surface area contributed by atoms with Gasteiger partial charge >= 0.3 is 18.0 Å². The molecule has 3 aromatic rings. The summed E-state index contributed by atoms with van der Waals surface area (Å²) in [5.41, 5.74) is -9.45. The number of nitriles is 1. The van der Waals surface area contributed by atoms with Crippen molar-refractivity contribution in [1.29, 1.82) is 5.26 Å². The molecule has 3 rings (SSSR count). The van der Waals surface area contributed by atoms with E-state index in [1.807, 2.05) is 11.4 Å². The first-order chi connectivity index (χ1) is 20.9. The van der Waals surface area contributed by atoms with Crippen molar-refractivity contribution in [3.63, 3.8) is 0 Å². The molecule has 3 N–H and O–H groups in total. The quantitative estimate of drug-likeness (QED) is 0.127. The van der Waals surface area contributed by atoms with Gasteiger partial charge in [0.05, 0.1) is 22.9 Å². The maximum absolute atomic E-state index is 15.8. The molecule has 0 atom stereocenters. The lowest BCUT2D eigenvalue weighted by molar-refractivity contribution is -0.348. The number of hydroxylamine groups is 1. The number of nitrogens with one attached hydrogen (secondary N) is 2. The molecule has 0 aliphatic carbocycles. The van der Waals surface area contributed by atoms with Crippen molar-refractivity contribution in [2.45, 2.75) is 24.4 Å². The summed E-state index contributed by atoms with van der Waals surface area (Å²) in [4.78, 5) is 38.8. The van der Waals surface area contributed by atoms with E-state index in [1.54, 1.807) is 0 Å². The zero-order chi connectivity index (χ0) is 33.9. The Bertz CT molecular complexity index is 1660. The first-order valence-electron chi connectivity index (χ1n) is 12.1. The summed E-state index contributed by atoms with van der Waals surface area (Å²) in [5, 5.41) is 20.0. The van der Waals surface area contributed by atoms with Crippen molar-refractivity contribution in [3.05, 3.63) is 87.1 Å². The van der Waals surface area contributed by atoms with E-state index in [0.717, 1.165) is 23.1 Å². The molecular weight excluding hydrogens is 687 g/mol. The largest absolute Gasteiger partial charge is 0.435 e. The molecule has 0 bridgehead atoms. The predicted octanol–water partition coefficient (Wildman–Crippen LogP) is 5.34. The zero-order valence-electron chi connectivity index (χ0n) is 22.2. The number of hydrogen-bond donors (Lipinski definition) is 3. The van der Waals surface area contributed by atoms with Gasteiger partial charge in [-0.2, -0.15) is 31.6 Å². The number of halogens is 9. The van der Waals surface area contributed by atoms with Gasteiger partial charge in [0.1, 0.15) is 7.85 Å². The molecule has 18 heteroatoms. The Morgan fingerprint density at radius 2 is 1.60 bits per heavy atom. The molecule has 234 valence electrons. The Morgan fingerprint density at radius 3 is 2.16 bits per heavy atom. The molecule has 3 amide bonds. The van der Waals surface area contributed by atoms with Crippen LogP contribution < -0.4 is 21.2 Å². The third-order valence-corrected chi connectivity index (χ3v) is 6.85. The topological polar surface area (TPSA) is 123 Å². The zero-order valence-corrected chi connectivity index (χ0v) is 23.7. The molecule has 8 nitrogen and oxygen atoms in total. The molecule has 3 aromatic carbocycles. The van der Waals surface area contributed by atoms with Gasteiger partial charge in [-0.15, -0.1) is 0 Å². The number of hydrogen-bond acceptors (Lipinski definition) is 5.